The Morgan fingerprint density at radius 1 is 1.42 bits per heavy atom. The number of carboxylic acid groups (broad SMARTS) is 2. The summed E-state index contributed by atoms with van der Waals surface area (Å²) < 4.78 is 5.14. The molecule has 11 heteroatoms. The van der Waals surface area contributed by atoms with E-state index in [-0.39, 0.29) is 23.4 Å². The van der Waals surface area contributed by atoms with Gasteiger partial charge in [-0.2, -0.15) is 0 Å². The molecule has 2 atom stereocenters. The maximum Gasteiger partial charge on any atom is 0.360 e. The molecule has 2 unspecified atom stereocenters. The van der Waals surface area contributed by atoms with Crippen LogP contribution in [-0.2, 0) is 25.5 Å². The minimum atomic E-state index is -2.18. The quantitative estimate of drug-likeness (QED) is 0.374. The van der Waals surface area contributed by atoms with E-state index in [2.05, 4.69) is 10.6 Å². The molecule has 1 amide bonds. The summed E-state index contributed by atoms with van der Waals surface area (Å²) >= 11 is 2.37. The van der Waals surface area contributed by atoms with Crippen molar-refractivity contribution in [1.29, 1.82) is 0 Å². The lowest BCUT2D eigenvalue weighted by molar-refractivity contribution is -0.171. The first-order chi connectivity index (χ1) is 12.3. The molecular formula is C15H18N2O7S2. The zero-order chi connectivity index (χ0) is 19.3. The Hall–Kier alpha value is -2.08. The van der Waals surface area contributed by atoms with Gasteiger partial charge in [0, 0.05) is 17.7 Å². The van der Waals surface area contributed by atoms with Crippen molar-refractivity contribution in [1.82, 2.24) is 10.6 Å². The van der Waals surface area contributed by atoms with Crippen molar-refractivity contribution in [3.63, 3.8) is 0 Å². The summed E-state index contributed by atoms with van der Waals surface area (Å²) in [5.74, 6) is -3.30. The van der Waals surface area contributed by atoms with Crippen LogP contribution in [0.1, 0.15) is 4.88 Å². The lowest BCUT2D eigenvalue weighted by Gasteiger charge is -2.39. The zero-order valence-corrected chi connectivity index (χ0v) is 15.4. The van der Waals surface area contributed by atoms with Crippen LogP contribution in [0.4, 0.5) is 0 Å². The first-order valence-electron chi connectivity index (χ1n) is 7.40. The van der Waals surface area contributed by atoms with E-state index in [1.54, 1.807) is 17.5 Å². The van der Waals surface area contributed by atoms with E-state index in [0.717, 1.165) is 23.7 Å². The number of carbonyl (C=O) groups excluding carboxylic acids is 1. The Kier molecular flexibility index (Phi) is 6.64. The minimum absolute atomic E-state index is 0.0308. The second-order valence-electron chi connectivity index (χ2n) is 5.33. The van der Waals surface area contributed by atoms with Crippen LogP contribution in [0, 0.1) is 0 Å². The molecule has 5 N–H and O–H groups in total. The lowest BCUT2D eigenvalue weighted by Crippen LogP contribution is -2.67. The van der Waals surface area contributed by atoms with Gasteiger partial charge in [0.2, 0.25) is 5.91 Å². The highest BCUT2D eigenvalue weighted by Crippen LogP contribution is 2.30. The van der Waals surface area contributed by atoms with E-state index in [1.807, 2.05) is 0 Å². The van der Waals surface area contributed by atoms with Crippen molar-refractivity contribution < 1.29 is 34.4 Å². The molecule has 26 heavy (non-hydrogen) atoms. The number of rotatable bonds is 8. The van der Waals surface area contributed by atoms with E-state index in [9.17, 15) is 29.7 Å². The third kappa shape index (κ3) is 4.18. The fraction of sp³-hybridized carbons (Fsp3) is 0.400. The highest BCUT2D eigenvalue weighted by molar-refractivity contribution is 8.00. The highest BCUT2D eigenvalue weighted by Gasteiger charge is 2.50. The summed E-state index contributed by atoms with van der Waals surface area (Å²) in [7, 11) is 1.12. The van der Waals surface area contributed by atoms with Crippen LogP contribution in [0.25, 0.3) is 0 Å². The van der Waals surface area contributed by atoms with Crippen molar-refractivity contribution in [3.8, 4) is 0 Å². The van der Waals surface area contributed by atoms with Gasteiger partial charge in [0.05, 0.1) is 13.0 Å². The molecule has 1 aromatic rings. The average Bonchev–Trinajstić information content (AvgIpc) is 3.11. The monoisotopic (exact) mass is 402 g/mol. The van der Waals surface area contributed by atoms with Gasteiger partial charge < -0.3 is 30.7 Å². The number of aliphatic hydroxyl groups excluding tert-OH is 1. The van der Waals surface area contributed by atoms with Crippen molar-refractivity contribution >= 4 is 40.9 Å². The van der Waals surface area contributed by atoms with Crippen LogP contribution in [0.3, 0.4) is 0 Å². The first kappa shape index (κ1) is 20.2. The van der Waals surface area contributed by atoms with E-state index < -0.39 is 35.6 Å². The number of thiophene rings is 1. The number of carboxylic acids is 2. The van der Waals surface area contributed by atoms with Gasteiger partial charge in [-0.25, -0.2) is 9.59 Å². The topological polar surface area (TPSA) is 145 Å². The van der Waals surface area contributed by atoms with E-state index in [0.29, 0.717) is 0 Å². The summed E-state index contributed by atoms with van der Waals surface area (Å²) in [6.45, 7) is -0.480. The van der Waals surface area contributed by atoms with Crippen molar-refractivity contribution in [2.75, 3.05) is 19.5 Å². The molecule has 1 aliphatic heterocycles. The van der Waals surface area contributed by atoms with Crippen molar-refractivity contribution in [3.05, 3.63) is 33.7 Å². The van der Waals surface area contributed by atoms with Gasteiger partial charge in [-0.05, 0) is 17.0 Å². The number of amides is 1. The molecule has 1 aliphatic rings. The van der Waals surface area contributed by atoms with Gasteiger partial charge in [-0.3, -0.25) is 4.79 Å². The number of nitrogens with one attached hydrogen (secondary N) is 2. The molecule has 0 aromatic carbocycles. The van der Waals surface area contributed by atoms with Gasteiger partial charge in [-0.1, -0.05) is 6.07 Å². The molecule has 1 aromatic heterocycles. The van der Waals surface area contributed by atoms with E-state index in [4.69, 9.17) is 4.74 Å². The summed E-state index contributed by atoms with van der Waals surface area (Å²) in [4.78, 5) is 36.3. The molecule has 0 aliphatic carbocycles. The standard InChI is InChI=1S/C15H18N2O7S2/c1-24-15(14(22)23,17-10(19)5-9-3-2-4-25-9)13-16-11(12(20)21)8(6-18)7-26-13/h2-4,13,16,18H,5-7H2,1H3,(H,17,19)(H,20,21)(H,22,23). The van der Waals surface area contributed by atoms with E-state index >= 15 is 0 Å². The molecule has 9 nitrogen and oxygen atoms in total. The fourth-order valence-corrected chi connectivity index (χ4v) is 4.39. The predicted octanol–water partition coefficient (Wildman–Crippen LogP) is -0.172. The fourth-order valence-electron chi connectivity index (χ4n) is 2.39. The SMILES string of the molecule is COC(NC(=O)Cc1cccs1)(C(=O)O)C1NC(C(=O)O)=C(CO)CS1. The van der Waals surface area contributed by atoms with Crippen LogP contribution in [0.15, 0.2) is 28.8 Å². The second-order valence-corrected chi connectivity index (χ2v) is 7.45. The largest absolute Gasteiger partial charge is 0.478 e. The predicted molar refractivity (Wildman–Crippen MR) is 94.7 cm³/mol. The van der Waals surface area contributed by atoms with Crippen LogP contribution in [0.5, 0.6) is 0 Å². The number of carbonyl (C=O) groups is 3. The molecule has 0 saturated carbocycles. The average molecular weight is 402 g/mol. The summed E-state index contributed by atoms with van der Waals surface area (Å²) in [5, 5.41) is 33.8. The lowest BCUT2D eigenvalue weighted by atomic mass is 10.1. The van der Waals surface area contributed by atoms with Crippen LogP contribution < -0.4 is 10.6 Å². The Balaban J connectivity index is 2.26. The highest BCUT2D eigenvalue weighted by atomic mass is 32.2. The summed E-state index contributed by atoms with van der Waals surface area (Å²) in [6, 6.07) is 3.51. The number of ether oxygens (including phenoxy) is 1. The molecule has 2 rings (SSSR count). The van der Waals surface area contributed by atoms with Gasteiger partial charge >= 0.3 is 11.9 Å². The molecule has 142 valence electrons. The molecule has 2 heterocycles. The third-order valence-electron chi connectivity index (χ3n) is 3.71. The van der Waals surface area contributed by atoms with Crippen molar-refractivity contribution in [2.24, 2.45) is 0 Å². The van der Waals surface area contributed by atoms with Crippen LogP contribution in [0.2, 0.25) is 0 Å². The van der Waals surface area contributed by atoms with Gasteiger partial charge in [0.15, 0.2) is 0 Å². The van der Waals surface area contributed by atoms with Gasteiger partial charge in [-0.15, -0.1) is 23.1 Å². The number of methoxy groups -OCH3 is 1. The maximum atomic E-state index is 12.3. The second kappa shape index (κ2) is 8.54. The number of aliphatic hydroxyl groups is 1. The summed E-state index contributed by atoms with van der Waals surface area (Å²) in [6.07, 6.45) is -0.0308. The van der Waals surface area contributed by atoms with Gasteiger partial charge in [0.1, 0.15) is 11.1 Å². The Morgan fingerprint density at radius 2 is 2.15 bits per heavy atom. The molecule has 0 bridgehead atoms. The van der Waals surface area contributed by atoms with E-state index in [1.165, 1.54) is 11.3 Å². The van der Waals surface area contributed by atoms with Gasteiger partial charge in [0.25, 0.3) is 5.72 Å². The third-order valence-corrected chi connectivity index (χ3v) is 5.88. The molecule has 0 spiro atoms. The molecule has 0 saturated heterocycles. The minimum Gasteiger partial charge on any atom is -0.478 e. The molecular weight excluding hydrogens is 384 g/mol. The Bertz CT molecular complexity index is 720. The zero-order valence-electron chi connectivity index (χ0n) is 13.7. The number of thioether (sulfide) groups is 1. The Labute approximate surface area is 157 Å². The van der Waals surface area contributed by atoms with Crippen LogP contribution in [-0.4, -0.2) is 63.7 Å². The first-order valence-corrected chi connectivity index (χ1v) is 9.33. The number of hydrogen-bond acceptors (Lipinski definition) is 8. The summed E-state index contributed by atoms with van der Waals surface area (Å²) in [5.41, 5.74) is -2.26. The van der Waals surface area contributed by atoms with Crippen LogP contribution >= 0.6 is 23.1 Å². The molecule has 0 fully saturated rings. The molecule has 0 radical (unpaired) electrons. The van der Waals surface area contributed by atoms with Crippen molar-refractivity contribution in [2.45, 2.75) is 17.5 Å². The number of hydrogen-bond donors (Lipinski definition) is 5. The number of aliphatic carboxylic acids is 2. The Morgan fingerprint density at radius 3 is 2.65 bits per heavy atom. The maximum absolute atomic E-state index is 12.3. The normalized spacial score (nSPS) is 19.4. The smallest absolute Gasteiger partial charge is 0.360 e.